The third-order valence-electron chi connectivity index (χ3n) is 4.73. The van der Waals surface area contributed by atoms with Crippen LogP contribution in [-0.2, 0) is 24.3 Å². The Bertz CT molecular complexity index is 823. The molecular formula is C21H34N2O5S. The lowest BCUT2D eigenvalue weighted by Gasteiger charge is -2.30. The summed E-state index contributed by atoms with van der Waals surface area (Å²) in [7, 11) is -3.92. The Morgan fingerprint density at radius 3 is 2.00 bits per heavy atom. The Morgan fingerprint density at radius 2 is 1.55 bits per heavy atom. The second-order valence-corrected chi connectivity index (χ2v) is 9.90. The van der Waals surface area contributed by atoms with Crippen LogP contribution in [0.15, 0.2) is 23.1 Å². The number of aryl methyl sites for hydroxylation is 2. The van der Waals surface area contributed by atoms with Gasteiger partial charge in [-0.1, -0.05) is 19.9 Å². The number of esters is 1. The molecule has 7 nitrogen and oxygen atoms in total. The fourth-order valence-corrected chi connectivity index (χ4v) is 4.46. The highest BCUT2D eigenvalue weighted by molar-refractivity contribution is 7.89. The van der Waals surface area contributed by atoms with E-state index < -0.39 is 28.6 Å². The van der Waals surface area contributed by atoms with Crippen LogP contribution in [0, 0.1) is 19.8 Å². The molecule has 0 bridgehead atoms. The molecule has 164 valence electrons. The summed E-state index contributed by atoms with van der Waals surface area (Å²) in [4.78, 5) is 26.7. The number of hydrogen-bond acceptors (Lipinski definition) is 5. The van der Waals surface area contributed by atoms with Crippen molar-refractivity contribution in [3.8, 4) is 0 Å². The van der Waals surface area contributed by atoms with E-state index in [1.54, 1.807) is 30.9 Å². The number of nitrogens with zero attached hydrogens (tertiary/aromatic N) is 1. The lowest BCUT2D eigenvalue weighted by Crippen LogP contribution is -2.48. The summed E-state index contributed by atoms with van der Waals surface area (Å²) in [6, 6.07) is 3.61. The highest BCUT2D eigenvalue weighted by atomic mass is 32.2. The van der Waals surface area contributed by atoms with Crippen LogP contribution in [0.3, 0.4) is 0 Å². The number of rotatable bonds is 9. The van der Waals surface area contributed by atoms with Gasteiger partial charge < -0.3 is 9.64 Å². The Kier molecular flexibility index (Phi) is 8.84. The van der Waals surface area contributed by atoms with E-state index in [0.29, 0.717) is 0 Å². The molecule has 0 spiro atoms. The minimum absolute atomic E-state index is 0.0367. The molecule has 0 saturated heterocycles. The van der Waals surface area contributed by atoms with Gasteiger partial charge in [0.2, 0.25) is 10.0 Å². The van der Waals surface area contributed by atoms with Gasteiger partial charge in [-0.15, -0.1) is 0 Å². The maximum atomic E-state index is 12.7. The van der Waals surface area contributed by atoms with E-state index in [2.05, 4.69) is 4.72 Å². The molecule has 0 saturated carbocycles. The zero-order chi connectivity index (χ0) is 22.5. The largest absolute Gasteiger partial charge is 0.454 e. The van der Waals surface area contributed by atoms with Crippen LogP contribution in [0.5, 0.6) is 0 Å². The van der Waals surface area contributed by atoms with Gasteiger partial charge in [0.15, 0.2) is 6.61 Å². The number of hydrogen-bond donors (Lipinski definition) is 1. The molecule has 0 radical (unpaired) electrons. The van der Waals surface area contributed by atoms with Crippen LogP contribution in [0.2, 0.25) is 0 Å². The number of nitrogens with one attached hydrogen (secondary N) is 1. The predicted octanol–water partition coefficient (Wildman–Crippen LogP) is 2.79. The third kappa shape index (κ3) is 6.82. The van der Waals surface area contributed by atoms with E-state index in [1.165, 1.54) is 6.07 Å². The standard InChI is InChI=1S/C21H34N2O5S/c1-13(2)20(21(25)28-12-19(24)23(14(3)4)15(5)6)22-29(26,27)18-10-9-16(7)17(8)11-18/h9-11,13-15,20,22H,12H2,1-8H3/t20-/m0/s1. The van der Waals surface area contributed by atoms with Crippen molar-refractivity contribution in [2.24, 2.45) is 5.92 Å². The number of amides is 1. The van der Waals surface area contributed by atoms with Crippen LogP contribution in [0.1, 0.15) is 52.7 Å². The molecule has 29 heavy (non-hydrogen) atoms. The maximum absolute atomic E-state index is 12.7. The first kappa shape index (κ1) is 25.1. The molecule has 1 atom stereocenters. The van der Waals surface area contributed by atoms with Crippen LogP contribution in [0.4, 0.5) is 0 Å². The lowest BCUT2D eigenvalue weighted by molar-refractivity contribution is -0.155. The van der Waals surface area contributed by atoms with Gasteiger partial charge in [-0.2, -0.15) is 4.72 Å². The van der Waals surface area contributed by atoms with Gasteiger partial charge in [-0.05, 0) is 70.7 Å². The van der Waals surface area contributed by atoms with Crippen LogP contribution >= 0.6 is 0 Å². The Balaban J connectivity index is 2.93. The number of benzene rings is 1. The number of sulfonamides is 1. The van der Waals surface area contributed by atoms with Gasteiger partial charge in [-0.3, -0.25) is 9.59 Å². The van der Waals surface area contributed by atoms with E-state index in [9.17, 15) is 18.0 Å². The van der Waals surface area contributed by atoms with Crippen molar-refractivity contribution in [3.63, 3.8) is 0 Å². The topological polar surface area (TPSA) is 92.8 Å². The van der Waals surface area contributed by atoms with Crippen LogP contribution in [-0.4, -0.2) is 49.9 Å². The van der Waals surface area contributed by atoms with Gasteiger partial charge in [0, 0.05) is 12.1 Å². The lowest BCUT2D eigenvalue weighted by atomic mass is 10.1. The molecule has 0 aromatic heterocycles. The smallest absolute Gasteiger partial charge is 0.324 e. The summed E-state index contributed by atoms with van der Waals surface area (Å²) < 4.78 is 33.1. The molecule has 1 N–H and O–H groups in total. The highest BCUT2D eigenvalue weighted by Gasteiger charge is 2.31. The molecular weight excluding hydrogens is 392 g/mol. The van der Waals surface area contributed by atoms with Crippen molar-refractivity contribution in [1.29, 1.82) is 0 Å². The fraction of sp³-hybridized carbons (Fsp3) is 0.619. The molecule has 1 aromatic rings. The van der Waals surface area contributed by atoms with Gasteiger partial charge in [0.05, 0.1) is 4.90 Å². The van der Waals surface area contributed by atoms with E-state index in [0.717, 1.165) is 11.1 Å². The monoisotopic (exact) mass is 426 g/mol. The van der Waals surface area contributed by atoms with Gasteiger partial charge in [0.1, 0.15) is 6.04 Å². The molecule has 1 rings (SSSR count). The first-order chi connectivity index (χ1) is 13.3. The van der Waals surface area contributed by atoms with Gasteiger partial charge in [-0.25, -0.2) is 8.42 Å². The average Bonchev–Trinajstić information content (AvgIpc) is 2.59. The summed E-state index contributed by atoms with van der Waals surface area (Å²) in [5, 5.41) is 0. The van der Waals surface area contributed by atoms with Crippen molar-refractivity contribution >= 4 is 21.9 Å². The third-order valence-corrected chi connectivity index (χ3v) is 6.17. The van der Waals surface area contributed by atoms with Crippen molar-refractivity contribution in [2.75, 3.05) is 6.61 Å². The number of ether oxygens (including phenoxy) is 1. The van der Waals surface area contributed by atoms with Crippen molar-refractivity contribution in [3.05, 3.63) is 29.3 Å². The normalized spacial score (nSPS) is 13.1. The molecule has 8 heteroatoms. The van der Waals surface area contributed by atoms with Gasteiger partial charge in [0.25, 0.3) is 5.91 Å². The molecule has 0 heterocycles. The quantitative estimate of drug-likeness (QED) is 0.613. The molecule has 0 unspecified atom stereocenters. The summed E-state index contributed by atoms with van der Waals surface area (Å²) in [6.45, 7) is 14.2. The molecule has 0 fully saturated rings. The van der Waals surface area contributed by atoms with Crippen molar-refractivity contribution < 1.29 is 22.7 Å². The number of carbonyl (C=O) groups excluding carboxylic acids is 2. The summed E-state index contributed by atoms with van der Waals surface area (Å²) in [5.74, 6) is -1.44. The average molecular weight is 427 g/mol. The molecule has 0 aliphatic heterocycles. The van der Waals surface area contributed by atoms with Gasteiger partial charge >= 0.3 is 5.97 Å². The van der Waals surface area contributed by atoms with E-state index in [-0.39, 0.29) is 28.8 Å². The van der Waals surface area contributed by atoms with E-state index in [1.807, 2.05) is 41.5 Å². The van der Waals surface area contributed by atoms with E-state index in [4.69, 9.17) is 4.74 Å². The SMILES string of the molecule is Cc1ccc(S(=O)(=O)N[C@H](C(=O)OCC(=O)N(C(C)C)C(C)C)C(C)C)cc1C. The molecule has 0 aliphatic carbocycles. The minimum atomic E-state index is -3.92. The highest BCUT2D eigenvalue weighted by Crippen LogP contribution is 2.17. The Hall–Kier alpha value is -1.93. The second-order valence-electron chi connectivity index (χ2n) is 8.19. The predicted molar refractivity (Wildman–Crippen MR) is 113 cm³/mol. The zero-order valence-electron chi connectivity index (χ0n) is 18.6. The van der Waals surface area contributed by atoms with Crippen molar-refractivity contribution in [1.82, 2.24) is 9.62 Å². The molecule has 1 aromatic carbocycles. The molecule has 1 amide bonds. The summed E-state index contributed by atoms with van der Waals surface area (Å²) in [6.07, 6.45) is 0. The first-order valence-electron chi connectivity index (χ1n) is 9.85. The van der Waals surface area contributed by atoms with Crippen LogP contribution in [0.25, 0.3) is 0 Å². The minimum Gasteiger partial charge on any atom is -0.454 e. The maximum Gasteiger partial charge on any atom is 0.324 e. The van der Waals surface area contributed by atoms with E-state index >= 15 is 0 Å². The Labute approximate surface area is 174 Å². The zero-order valence-corrected chi connectivity index (χ0v) is 19.5. The second kappa shape index (κ2) is 10.2. The number of carbonyl (C=O) groups is 2. The summed E-state index contributed by atoms with van der Waals surface area (Å²) >= 11 is 0. The first-order valence-corrected chi connectivity index (χ1v) is 11.3. The fourth-order valence-electron chi connectivity index (χ4n) is 3.04. The van der Waals surface area contributed by atoms with Crippen LogP contribution < -0.4 is 4.72 Å². The Morgan fingerprint density at radius 1 is 1.00 bits per heavy atom. The summed E-state index contributed by atoms with van der Waals surface area (Å²) in [5.41, 5.74) is 1.81. The molecule has 0 aliphatic rings. The van der Waals surface area contributed by atoms with Crippen molar-refractivity contribution in [2.45, 2.75) is 78.4 Å².